The summed E-state index contributed by atoms with van der Waals surface area (Å²) in [5, 5.41) is 4.69. The third-order valence-electron chi connectivity index (χ3n) is 11.7. The van der Waals surface area contributed by atoms with Crippen LogP contribution < -0.4 is 0 Å². The number of hydrogen-bond donors (Lipinski definition) is 0. The second-order valence-corrected chi connectivity index (χ2v) is 15.2. The first-order chi connectivity index (χ1) is 29.7. The lowest BCUT2D eigenvalue weighted by atomic mass is 9.93. The summed E-state index contributed by atoms with van der Waals surface area (Å²) in [5.74, 6) is 1.89. The van der Waals surface area contributed by atoms with Crippen molar-refractivity contribution in [3.05, 3.63) is 200 Å². The van der Waals surface area contributed by atoms with Crippen molar-refractivity contribution in [2.75, 3.05) is 0 Å². The average molecular weight is 764 g/mol. The van der Waals surface area contributed by atoms with E-state index in [4.69, 9.17) is 24.9 Å². The lowest BCUT2D eigenvalue weighted by molar-refractivity contribution is 1.07. The number of nitrogens with zero attached hydrogens (tertiary/aromatic N) is 5. The number of hydrogen-bond acceptors (Lipinski definition) is 5. The van der Waals surface area contributed by atoms with Crippen LogP contribution >= 0.6 is 0 Å². The van der Waals surface area contributed by atoms with E-state index in [9.17, 15) is 0 Å². The van der Waals surface area contributed by atoms with Crippen molar-refractivity contribution in [2.45, 2.75) is 0 Å². The van der Waals surface area contributed by atoms with E-state index in [1.54, 1.807) is 0 Å². The smallest absolute Gasteiger partial charge is 0.164 e. The standard InChI is InChI=1S/C55H33N5/c1-3-11-37(12-4-1)53-58-54(38-13-5-2-6-14-38)60-55(59-53)39-25-21-34(22-26-39)48-31-27-35-23-24-36-28-32-49(57-52(36)51(35)56-48)41-16-9-15-40(33-41)42-29-30-47-44-18-8-7-17-43(44)46-20-10-19-45(42)50(46)47/h1-33H. The first-order valence-electron chi connectivity index (χ1n) is 20.2. The number of pyridine rings is 2. The van der Waals surface area contributed by atoms with Crippen LogP contribution in [0, 0.1) is 0 Å². The maximum Gasteiger partial charge on any atom is 0.164 e. The lowest BCUT2D eigenvalue weighted by Crippen LogP contribution is -2.00. The first-order valence-corrected chi connectivity index (χ1v) is 20.2. The minimum absolute atomic E-state index is 0.617. The van der Waals surface area contributed by atoms with E-state index in [-0.39, 0.29) is 0 Å². The third-order valence-corrected chi connectivity index (χ3v) is 11.7. The zero-order valence-corrected chi connectivity index (χ0v) is 32.3. The van der Waals surface area contributed by atoms with Crippen molar-refractivity contribution < 1.29 is 0 Å². The summed E-state index contributed by atoms with van der Waals surface area (Å²) in [6, 6.07) is 69.9. The van der Waals surface area contributed by atoms with Crippen molar-refractivity contribution in [1.82, 2.24) is 24.9 Å². The Morgan fingerprint density at radius 2 is 0.683 bits per heavy atom. The maximum atomic E-state index is 5.31. The highest BCUT2D eigenvalue weighted by molar-refractivity contribution is 6.18. The van der Waals surface area contributed by atoms with Gasteiger partial charge in [-0.05, 0) is 62.4 Å². The van der Waals surface area contributed by atoms with E-state index in [0.29, 0.717) is 17.5 Å². The fraction of sp³-hybridized carbons (Fsp3) is 0. The van der Waals surface area contributed by atoms with Crippen LogP contribution in [0.2, 0.25) is 0 Å². The van der Waals surface area contributed by atoms with Crippen molar-refractivity contribution in [1.29, 1.82) is 0 Å². The topological polar surface area (TPSA) is 64.5 Å². The normalized spacial score (nSPS) is 11.7. The monoisotopic (exact) mass is 763 g/mol. The predicted molar refractivity (Wildman–Crippen MR) is 245 cm³/mol. The van der Waals surface area contributed by atoms with Gasteiger partial charge in [-0.15, -0.1) is 0 Å². The molecule has 60 heavy (non-hydrogen) atoms. The van der Waals surface area contributed by atoms with Crippen LogP contribution in [0.5, 0.6) is 0 Å². The Kier molecular flexibility index (Phi) is 7.78. The molecule has 278 valence electrons. The predicted octanol–water partition coefficient (Wildman–Crippen LogP) is 13.8. The summed E-state index contributed by atoms with van der Waals surface area (Å²) >= 11 is 0. The lowest BCUT2D eigenvalue weighted by Gasteiger charge is -2.12. The van der Waals surface area contributed by atoms with Gasteiger partial charge in [-0.2, -0.15) is 0 Å². The van der Waals surface area contributed by atoms with E-state index in [2.05, 4.69) is 140 Å². The Morgan fingerprint density at radius 1 is 0.250 bits per heavy atom. The highest BCUT2D eigenvalue weighted by Gasteiger charge is 2.22. The van der Waals surface area contributed by atoms with Crippen molar-refractivity contribution in [3.63, 3.8) is 0 Å². The average Bonchev–Trinajstić information content (AvgIpc) is 3.66. The Morgan fingerprint density at radius 3 is 1.30 bits per heavy atom. The molecule has 0 fully saturated rings. The molecule has 5 heteroatoms. The maximum absolute atomic E-state index is 5.31. The zero-order chi connectivity index (χ0) is 39.6. The van der Waals surface area contributed by atoms with Gasteiger partial charge in [0.1, 0.15) is 0 Å². The van der Waals surface area contributed by atoms with Gasteiger partial charge in [-0.3, -0.25) is 0 Å². The van der Waals surface area contributed by atoms with E-state index in [0.717, 1.165) is 61.0 Å². The molecular formula is C55H33N5. The van der Waals surface area contributed by atoms with Crippen LogP contribution in [0.1, 0.15) is 0 Å². The molecule has 0 N–H and O–H groups in total. The molecule has 11 aromatic rings. The van der Waals surface area contributed by atoms with Gasteiger partial charge in [0.25, 0.3) is 0 Å². The second kappa shape index (κ2) is 13.8. The summed E-state index contributed by atoms with van der Waals surface area (Å²) in [5.41, 5.74) is 16.0. The van der Waals surface area contributed by atoms with Gasteiger partial charge in [0, 0.05) is 38.6 Å². The Hall–Kier alpha value is -8.15. The van der Waals surface area contributed by atoms with Gasteiger partial charge in [0.05, 0.1) is 22.4 Å². The number of rotatable bonds is 6. The molecule has 0 spiro atoms. The minimum atomic E-state index is 0.617. The molecule has 0 atom stereocenters. The van der Waals surface area contributed by atoms with Gasteiger partial charge >= 0.3 is 0 Å². The number of aromatic nitrogens is 5. The van der Waals surface area contributed by atoms with Gasteiger partial charge in [0.2, 0.25) is 0 Å². The summed E-state index contributed by atoms with van der Waals surface area (Å²) in [4.78, 5) is 25.2. The summed E-state index contributed by atoms with van der Waals surface area (Å²) < 4.78 is 0. The molecule has 0 radical (unpaired) electrons. The van der Waals surface area contributed by atoms with Crippen molar-refractivity contribution in [3.8, 4) is 90.1 Å². The molecule has 0 saturated carbocycles. The zero-order valence-electron chi connectivity index (χ0n) is 32.3. The van der Waals surface area contributed by atoms with Crippen LogP contribution in [0.3, 0.4) is 0 Å². The van der Waals surface area contributed by atoms with Crippen LogP contribution in [-0.2, 0) is 0 Å². The van der Waals surface area contributed by atoms with Gasteiger partial charge in [-0.1, -0.05) is 182 Å². The van der Waals surface area contributed by atoms with Crippen LogP contribution in [0.25, 0.3) is 123 Å². The molecule has 12 rings (SSSR count). The molecular weight excluding hydrogens is 731 g/mol. The Bertz CT molecular complexity index is 3380. The van der Waals surface area contributed by atoms with Crippen LogP contribution in [-0.4, -0.2) is 24.9 Å². The molecule has 3 heterocycles. The highest BCUT2D eigenvalue weighted by Crippen LogP contribution is 2.49. The van der Waals surface area contributed by atoms with Gasteiger partial charge in [0.15, 0.2) is 17.5 Å². The number of fused-ring (bicyclic) bond motifs is 6. The van der Waals surface area contributed by atoms with Crippen LogP contribution in [0.4, 0.5) is 0 Å². The summed E-state index contributed by atoms with van der Waals surface area (Å²) in [6.45, 7) is 0. The molecule has 0 bridgehead atoms. The second-order valence-electron chi connectivity index (χ2n) is 15.2. The molecule has 0 saturated heterocycles. The molecule has 3 aromatic heterocycles. The third kappa shape index (κ3) is 5.67. The molecule has 5 nitrogen and oxygen atoms in total. The highest BCUT2D eigenvalue weighted by atomic mass is 15.0. The molecule has 0 unspecified atom stereocenters. The largest absolute Gasteiger partial charge is 0.245 e. The molecule has 1 aliphatic carbocycles. The fourth-order valence-corrected chi connectivity index (χ4v) is 8.72. The van der Waals surface area contributed by atoms with Crippen molar-refractivity contribution in [2.24, 2.45) is 0 Å². The molecule has 0 aliphatic heterocycles. The molecule has 1 aliphatic rings. The summed E-state index contributed by atoms with van der Waals surface area (Å²) in [6.07, 6.45) is 0. The quantitative estimate of drug-likeness (QED) is 0.158. The van der Waals surface area contributed by atoms with Crippen molar-refractivity contribution >= 4 is 32.6 Å². The van der Waals surface area contributed by atoms with E-state index < -0.39 is 0 Å². The SMILES string of the molecule is c1ccc(-c2nc(-c3ccccc3)nc(-c3ccc(-c4ccc5ccc6ccc(-c7cccc(-c8ccc9c%10c(cccc8%10)-c8ccccc8-9)c7)nc6c5n4)cc3)n2)cc1. The Labute approximate surface area is 346 Å². The first kappa shape index (κ1) is 33.9. The van der Waals surface area contributed by atoms with E-state index in [1.165, 1.54) is 44.2 Å². The number of benzene rings is 8. The van der Waals surface area contributed by atoms with E-state index >= 15 is 0 Å². The van der Waals surface area contributed by atoms with Crippen LogP contribution in [0.15, 0.2) is 200 Å². The minimum Gasteiger partial charge on any atom is -0.245 e. The Balaban J connectivity index is 0.902. The fourth-order valence-electron chi connectivity index (χ4n) is 8.72. The van der Waals surface area contributed by atoms with E-state index in [1.807, 2.05) is 60.7 Å². The van der Waals surface area contributed by atoms with Gasteiger partial charge in [-0.25, -0.2) is 24.9 Å². The van der Waals surface area contributed by atoms with Gasteiger partial charge < -0.3 is 0 Å². The summed E-state index contributed by atoms with van der Waals surface area (Å²) in [7, 11) is 0. The molecule has 0 amide bonds. The molecule has 8 aromatic carbocycles.